The standard InChI is InChI=1S/C18H19N3O5/c1-25-13-4-2-3-11-9-14(26-16(11)13)17(23)20-7-5-12(6-8-20)21-15(22)10-19-18(21)24/h2-4,9,12H,5-8,10H2,1H3,(H,19,24). The van der Waals surface area contributed by atoms with E-state index in [1.165, 1.54) is 4.90 Å². The van der Waals surface area contributed by atoms with Crippen molar-refractivity contribution >= 4 is 28.8 Å². The molecule has 2 aromatic rings. The third-order valence-electron chi connectivity index (χ3n) is 4.93. The van der Waals surface area contributed by atoms with Gasteiger partial charge in [-0.1, -0.05) is 12.1 Å². The van der Waals surface area contributed by atoms with E-state index in [-0.39, 0.29) is 36.2 Å². The zero-order valence-corrected chi connectivity index (χ0v) is 14.4. The first-order valence-electron chi connectivity index (χ1n) is 8.54. The van der Waals surface area contributed by atoms with E-state index in [1.54, 1.807) is 24.1 Å². The number of carbonyl (C=O) groups excluding carboxylic acids is 3. The number of benzene rings is 1. The molecule has 8 heteroatoms. The number of amides is 4. The van der Waals surface area contributed by atoms with Gasteiger partial charge in [0.1, 0.15) is 0 Å². The van der Waals surface area contributed by atoms with Crippen LogP contribution in [0.5, 0.6) is 5.75 Å². The lowest BCUT2D eigenvalue weighted by Crippen LogP contribution is -2.49. The van der Waals surface area contributed by atoms with Crippen LogP contribution in [0, 0.1) is 0 Å². The van der Waals surface area contributed by atoms with E-state index in [2.05, 4.69) is 5.32 Å². The highest BCUT2D eigenvalue weighted by Gasteiger charge is 2.37. The first-order chi connectivity index (χ1) is 12.6. The Morgan fingerprint density at radius 1 is 1.27 bits per heavy atom. The average Bonchev–Trinajstić information content (AvgIpc) is 3.24. The molecule has 2 fully saturated rings. The molecule has 1 aromatic carbocycles. The number of piperidine rings is 1. The second-order valence-corrected chi connectivity index (χ2v) is 6.44. The topological polar surface area (TPSA) is 92.1 Å². The summed E-state index contributed by atoms with van der Waals surface area (Å²) in [4.78, 5) is 39.3. The molecule has 4 amide bonds. The van der Waals surface area contributed by atoms with Crippen molar-refractivity contribution in [3.8, 4) is 5.75 Å². The summed E-state index contributed by atoms with van der Waals surface area (Å²) in [5.74, 6) is 0.444. The second-order valence-electron chi connectivity index (χ2n) is 6.44. The quantitative estimate of drug-likeness (QED) is 0.843. The van der Waals surface area contributed by atoms with Crippen LogP contribution in [0.2, 0.25) is 0 Å². The van der Waals surface area contributed by atoms with Crippen molar-refractivity contribution in [2.45, 2.75) is 18.9 Å². The van der Waals surface area contributed by atoms with Crippen LogP contribution >= 0.6 is 0 Å². The lowest BCUT2D eigenvalue weighted by Gasteiger charge is -2.34. The zero-order valence-electron chi connectivity index (χ0n) is 14.4. The van der Waals surface area contributed by atoms with Gasteiger partial charge >= 0.3 is 6.03 Å². The summed E-state index contributed by atoms with van der Waals surface area (Å²) < 4.78 is 11.0. The van der Waals surface area contributed by atoms with Crippen LogP contribution < -0.4 is 10.1 Å². The monoisotopic (exact) mass is 357 g/mol. The fraction of sp³-hybridized carbons (Fsp3) is 0.389. The van der Waals surface area contributed by atoms with Crippen LogP contribution in [0.1, 0.15) is 23.4 Å². The highest BCUT2D eigenvalue weighted by Crippen LogP contribution is 2.29. The number of nitrogens with zero attached hydrogens (tertiary/aromatic N) is 2. The van der Waals surface area contributed by atoms with Gasteiger partial charge in [0, 0.05) is 24.5 Å². The van der Waals surface area contributed by atoms with Gasteiger partial charge in [0.25, 0.3) is 5.91 Å². The maximum atomic E-state index is 12.8. The van der Waals surface area contributed by atoms with E-state index in [0.717, 1.165) is 5.39 Å². The van der Waals surface area contributed by atoms with Gasteiger partial charge in [-0.3, -0.25) is 14.5 Å². The molecule has 4 rings (SSSR count). The third-order valence-corrected chi connectivity index (χ3v) is 4.93. The highest BCUT2D eigenvalue weighted by atomic mass is 16.5. The largest absolute Gasteiger partial charge is 0.493 e. The lowest BCUT2D eigenvalue weighted by atomic mass is 10.0. The van der Waals surface area contributed by atoms with Crippen molar-refractivity contribution in [1.29, 1.82) is 0 Å². The second kappa shape index (κ2) is 6.36. The van der Waals surface area contributed by atoms with Gasteiger partial charge in [0.2, 0.25) is 5.91 Å². The molecule has 8 nitrogen and oxygen atoms in total. The molecule has 2 aliphatic heterocycles. The average molecular weight is 357 g/mol. The van der Waals surface area contributed by atoms with Crippen molar-refractivity contribution in [3.05, 3.63) is 30.0 Å². The molecule has 1 aromatic heterocycles. The molecule has 2 saturated heterocycles. The minimum absolute atomic E-state index is 0.0544. The molecule has 0 aliphatic carbocycles. The Labute approximate surface area is 149 Å². The predicted octanol–water partition coefficient (Wildman–Crippen LogP) is 1.60. The van der Waals surface area contributed by atoms with Gasteiger partial charge in [0.05, 0.1) is 13.7 Å². The van der Waals surface area contributed by atoms with E-state index in [1.807, 2.05) is 12.1 Å². The summed E-state index contributed by atoms with van der Waals surface area (Å²) in [6.07, 6.45) is 1.13. The summed E-state index contributed by atoms with van der Waals surface area (Å²) in [5.41, 5.74) is 0.549. The number of para-hydroxylation sites is 1. The highest BCUT2D eigenvalue weighted by molar-refractivity contribution is 6.02. The number of imide groups is 1. The van der Waals surface area contributed by atoms with E-state index in [9.17, 15) is 14.4 Å². The maximum Gasteiger partial charge on any atom is 0.324 e. The van der Waals surface area contributed by atoms with Gasteiger partial charge in [-0.2, -0.15) is 0 Å². The summed E-state index contributed by atoms with van der Waals surface area (Å²) in [7, 11) is 1.55. The van der Waals surface area contributed by atoms with Gasteiger partial charge in [-0.15, -0.1) is 0 Å². The van der Waals surface area contributed by atoms with Crippen LogP contribution in [-0.4, -0.2) is 60.4 Å². The van der Waals surface area contributed by atoms with Crippen molar-refractivity contribution in [3.63, 3.8) is 0 Å². The predicted molar refractivity (Wildman–Crippen MR) is 91.9 cm³/mol. The Morgan fingerprint density at radius 3 is 2.69 bits per heavy atom. The van der Waals surface area contributed by atoms with Crippen LogP contribution in [0.4, 0.5) is 4.79 Å². The molecule has 26 heavy (non-hydrogen) atoms. The van der Waals surface area contributed by atoms with Gasteiger partial charge in [-0.25, -0.2) is 4.79 Å². The van der Waals surface area contributed by atoms with Gasteiger partial charge in [0.15, 0.2) is 17.1 Å². The number of furan rings is 1. The molecule has 0 saturated carbocycles. The molecule has 0 spiro atoms. The molecule has 136 valence electrons. The summed E-state index contributed by atoms with van der Waals surface area (Å²) in [6, 6.07) is 6.69. The van der Waals surface area contributed by atoms with Crippen LogP contribution in [0.25, 0.3) is 11.0 Å². The molecule has 0 radical (unpaired) electrons. The van der Waals surface area contributed by atoms with Crippen molar-refractivity contribution in [2.75, 3.05) is 26.7 Å². The van der Waals surface area contributed by atoms with E-state index >= 15 is 0 Å². The van der Waals surface area contributed by atoms with Crippen molar-refractivity contribution in [2.24, 2.45) is 0 Å². The molecule has 3 heterocycles. The number of rotatable bonds is 3. The number of likely N-dealkylation sites (tertiary alicyclic amines) is 1. The molecular formula is C18H19N3O5. The number of carbonyl (C=O) groups is 3. The molecule has 2 aliphatic rings. The van der Waals surface area contributed by atoms with Crippen molar-refractivity contribution < 1.29 is 23.5 Å². The summed E-state index contributed by atoms with van der Waals surface area (Å²) in [6.45, 7) is 0.988. The number of methoxy groups -OCH3 is 1. The molecular weight excluding hydrogens is 338 g/mol. The van der Waals surface area contributed by atoms with Crippen LogP contribution in [0.3, 0.4) is 0 Å². The Morgan fingerprint density at radius 2 is 2.04 bits per heavy atom. The number of nitrogens with one attached hydrogen (secondary N) is 1. The fourth-order valence-corrected chi connectivity index (χ4v) is 3.59. The van der Waals surface area contributed by atoms with Crippen LogP contribution in [0.15, 0.2) is 28.7 Å². The molecule has 0 unspecified atom stereocenters. The molecule has 0 bridgehead atoms. The number of ether oxygens (including phenoxy) is 1. The van der Waals surface area contributed by atoms with E-state index in [0.29, 0.717) is 37.3 Å². The van der Waals surface area contributed by atoms with E-state index < -0.39 is 0 Å². The maximum absolute atomic E-state index is 12.8. The number of urea groups is 1. The van der Waals surface area contributed by atoms with Gasteiger partial charge in [-0.05, 0) is 25.0 Å². The minimum Gasteiger partial charge on any atom is -0.493 e. The first-order valence-corrected chi connectivity index (χ1v) is 8.54. The number of hydrogen-bond acceptors (Lipinski definition) is 5. The first kappa shape index (κ1) is 16.4. The SMILES string of the molecule is COc1cccc2cc(C(=O)N3CCC(N4C(=O)CNC4=O)CC3)oc12. The third kappa shape index (κ3) is 2.67. The minimum atomic E-state index is -0.343. The molecule has 0 atom stereocenters. The Balaban J connectivity index is 1.47. The van der Waals surface area contributed by atoms with Gasteiger partial charge < -0.3 is 19.4 Å². The van der Waals surface area contributed by atoms with Crippen LogP contribution in [-0.2, 0) is 4.79 Å². The normalized spacial score (nSPS) is 18.5. The number of fused-ring (bicyclic) bond motifs is 1. The summed E-state index contributed by atoms with van der Waals surface area (Å²) in [5, 5.41) is 3.34. The lowest BCUT2D eigenvalue weighted by molar-refractivity contribution is -0.127. The van der Waals surface area contributed by atoms with E-state index in [4.69, 9.17) is 9.15 Å². The Bertz CT molecular complexity index is 866. The smallest absolute Gasteiger partial charge is 0.324 e. The number of hydrogen-bond donors (Lipinski definition) is 1. The Hall–Kier alpha value is -3.03. The molecule has 1 N–H and O–H groups in total. The Kier molecular flexibility index (Phi) is 4.02. The van der Waals surface area contributed by atoms with Crippen molar-refractivity contribution in [1.82, 2.24) is 15.1 Å². The fourth-order valence-electron chi connectivity index (χ4n) is 3.59. The zero-order chi connectivity index (χ0) is 18.3. The summed E-state index contributed by atoms with van der Waals surface area (Å²) >= 11 is 0.